The summed E-state index contributed by atoms with van der Waals surface area (Å²) < 4.78 is 32.3. The van der Waals surface area contributed by atoms with Crippen LogP contribution in [0, 0.1) is 11.6 Å². The number of aromatic nitrogens is 3. The van der Waals surface area contributed by atoms with Crippen molar-refractivity contribution in [2.75, 3.05) is 11.4 Å². The van der Waals surface area contributed by atoms with Crippen molar-refractivity contribution >= 4 is 5.69 Å². The molecule has 24 heavy (non-hydrogen) atoms. The Hall–Kier alpha value is -2.83. The second-order valence-corrected chi connectivity index (χ2v) is 5.65. The molecule has 122 valence electrons. The predicted octanol–water partition coefficient (Wildman–Crippen LogP) is 3.36. The average molecular weight is 328 g/mol. The molecule has 1 aromatic carbocycles. The quantitative estimate of drug-likeness (QED) is 0.738. The van der Waals surface area contributed by atoms with Crippen molar-refractivity contribution in [3.63, 3.8) is 0 Å². The van der Waals surface area contributed by atoms with Crippen LogP contribution in [0.1, 0.15) is 17.9 Å². The number of pyridine rings is 1. The monoisotopic (exact) mass is 328 g/mol. The van der Waals surface area contributed by atoms with Gasteiger partial charge in [-0.15, -0.1) is 0 Å². The Morgan fingerprint density at radius 2 is 2.04 bits per heavy atom. The van der Waals surface area contributed by atoms with E-state index in [0.29, 0.717) is 29.6 Å². The van der Waals surface area contributed by atoms with Gasteiger partial charge in [0.1, 0.15) is 5.69 Å². The Balaban J connectivity index is 1.59. The Morgan fingerprint density at radius 3 is 2.88 bits per heavy atom. The van der Waals surface area contributed by atoms with Gasteiger partial charge in [0.2, 0.25) is 11.7 Å². The molecule has 3 heterocycles. The highest BCUT2D eigenvalue weighted by atomic mass is 19.2. The molecule has 3 aromatic rings. The topological polar surface area (TPSA) is 55.1 Å². The van der Waals surface area contributed by atoms with Crippen molar-refractivity contribution in [2.24, 2.45) is 0 Å². The van der Waals surface area contributed by atoms with Crippen LogP contribution in [0.5, 0.6) is 0 Å². The lowest BCUT2D eigenvalue weighted by molar-refractivity contribution is 0.375. The second kappa shape index (κ2) is 5.99. The first-order valence-corrected chi connectivity index (χ1v) is 7.67. The van der Waals surface area contributed by atoms with Crippen molar-refractivity contribution in [1.82, 2.24) is 15.1 Å². The van der Waals surface area contributed by atoms with Gasteiger partial charge in [0.15, 0.2) is 11.6 Å². The molecule has 4 rings (SSSR count). The number of rotatable bonds is 3. The molecule has 0 unspecified atom stereocenters. The first-order valence-electron chi connectivity index (χ1n) is 7.67. The third-order valence-electron chi connectivity index (χ3n) is 4.02. The van der Waals surface area contributed by atoms with E-state index in [-0.39, 0.29) is 0 Å². The minimum Gasteiger partial charge on any atom is -0.362 e. The van der Waals surface area contributed by atoms with Crippen molar-refractivity contribution in [3.8, 4) is 11.5 Å². The van der Waals surface area contributed by atoms with Gasteiger partial charge in [-0.05, 0) is 36.6 Å². The van der Waals surface area contributed by atoms with Crippen molar-refractivity contribution in [3.05, 3.63) is 59.6 Å². The molecule has 7 heteroatoms. The summed E-state index contributed by atoms with van der Waals surface area (Å²) in [6.07, 6.45) is 3.24. The Kier molecular flexibility index (Phi) is 3.68. The van der Waals surface area contributed by atoms with Gasteiger partial charge in [0, 0.05) is 24.5 Å². The number of fused-ring (bicyclic) bond motifs is 1. The SMILES string of the molecule is Fc1cc2c(cc1F)N(Cc1nc(-c3ccccn3)no1)CCC2. The van der Waals surface area contributed by atoms with E-state index in [4.69, 9.17) is 4.52 Å². The summed E-state index contributed by atoms with van der Waals surface area (Å²) in [5.41, 5.74) is 2.10. The molecule has 0 saturated carbocycles. The highest BCUT2D eigenvalue weighted by Gasteiger charge is 2.22. The van der Waals surface area contributed by atoms with Crippen LogP contribution in [-0.4, -0.2) is 21.7 Å². The molecule has 1 aliphatic rings. The summed E-state index contributed by atoms with van der Waals surface area (Å²) in [4.78, 5) is 10.4. The van der Waals surface area contributed by atoms with Crippen LogP contribution in [0.2, 0.25) is 0 Å². The molecule has 0 spiro atoms. The maximum absolute atomic E-state index is 13.6. The standard InChI is InChI=1S/C17H14F2N4O/c18-12-8-11-4-3-7-23(15(11)9-13(12)19)10-16-21-17(22-24-16)14-5-1-2-6-20-14/h1-2,5-6,8-9H,3-4,7,10H2. The lowest BCUT2D eigenvalue weighted by Gasteiger charge is -2.30. The van der Waals surface area contributed by atoms with Gasteiger partial charge in [0.05, 0.1) is 6.54 Å². The number of anilines is 1. The largest absolute Gasteiger partial charge is 0.362 e. The zero-order chi connectivity index (χ0) is 16.5. The van der Waals surface area contributed by atoms with Crippen molar-refractivity contribution in [2.45, 2.75) is 19.4 Å². The molecule has 0 aliphatic carbocycles. The molecule has 0 radical (unpaired) electrons. The highest BCUT2D eigenvalue weighted by molar-refractivity contribution is 5.56. The van der Waals surface area contributed by atoms with Gasteiger partial charge < -0.3 is 9.42 Å². The van der Waals surface area contributed by atoms with Crippen LogP contribution in [0.3, 0.4) is 0 Å². The molecular formula is C17H14F2N4O. The fourth-order valence-corrected chi connectivity index (χ4v) is 2.90. The Bertz CT molecular complexity index is 866. The van der Waals surface area contributed by atoms with E-state index in [9.17, 15) is 8.78 Å². The molecule has 0 amide bonds. The van der Waals surface area contributed by atoms with Gasteiger partial charge in [-0.1, -0.05) is 11.2 Å². The van der Waals surface area contributed by atoms with E-state index in [1.807, 2.05) is 17.0 Å². The van der Waals surface area contributed by atoms with Gasteiger partial charge >= 0.3 is 0 Å². The molecule has 0 atom stereocenters. The minimum atomic E-state index is -0.847. The molecule has 0 bridgehead atoms. The third-order valence-corrected chi connectivity index (χ3v) is 4.02. The number of halogens is 2. The first-order chi connectivity index (χ1) is 11.7. The Labute approximate surface area is 136 Å². The first kappa shape index (κ1) is 14.7. The van der Waals surface area contributed by atoms with E-state index < -0.39 is 11.6 Å². The maximum atomic E-state index is 13.6. The minimum absolute atomic E-state index is 0.345. The summed E-state index contributed by atoms with van der Waals surface area (Å²) in [7, 11) is 0. The smallest absolute Gasteiger partial charge is 0.246 e. The summed E-state index contributed by atoms with van der Waals surface area (Å²) in [6, 6.07) is 7.95. The Morgan fingerprint density at radius 1 is 1.17 bits per heavy atom. The van der Waals surface area contributed by atoms with E-state index >= 15 is 0 Å². The van der Waals surface area contributed by atoms with Crippen LogP contribution in [0.25, 0.3) is 11.5 Å². The van der Waals surface area contributed by atoms with Crippen LogP contribution in [0.15, 0.2) is 41.1 Å². The van der Waals surface area contributed by atoms with Gasteiger partial charge in [-0.2, -0.15) is 4.98 Å². The summed E-state index contributed by atoms with van der Waals surface area (Å²) in [6.45, 7) is 1.07. The van der Waals surface area contributed by atoms with E-state index in [2.05, 4.69) is 15.1 Å². The molecule has 2 aromatic heterocycles. The van der Waals surface area contributed by atoms with E-state index in [0.717, 1.165) is 24.9 Å². The average Bonchev–Trinajstić information content (AvgIpc) is 3.06. The second-order valence-electron chi connectivity index (χ2n) is 5.65. The molecular weight excluding hydrogens is 314 g/mol. The lowest BCUT2D eigenvalue weighted by atomic mass is 10.0. The summed E-state index contributed by atoms with van der Waals surface area (Å²) in [5, 5.41) is 3.93. The predicted molar refractivity (Wildman–Crippen MR) is 83.3 cm³/mol. The molecule has 0 N–H and O–H groups in total. The normalized spacial score (nSPS) is 13.8. The van der Waals surface area contributed by atoms with Crippen LogP contribution in [0.4, 0.5) is 14.5 Å². The zero-order valence-corrected chi connectivity index (χ0v) is 12.7. The summed E-state index contributed by atoms with van der Waals surface area (Å²) >= 11 is 0. The number of benzene rings is 1. The number of hydrogen-bond donors (Lipinski definition) is 0. The van der Waals surface area contributed by atoms with Crippen LogP contribution in [-0.2, 0) is 13.0 Å². The molecule has 1 aliphatic heterocycles. The maximum Gasteiger partial charge on any atom is 0.246 e. The molecule has 5 nitrogen and oxygen atoms in total. The lowest BCUT2D eigenvalue weighted by Crippen LogP contribution is -2.29. The van der Waals surface area contributed by atoms with Crippen LogP contribution >= 0.6 is 0 Å². The van der Waals surface area contributed by atoms with Crippen molar-refractivity contribution < 1.29 is 13.3 Å². The van der Waals surface area contributed by atoms with Crippen LogP contribution < -0.4 is 4.90 Å². The fraction of sp³-hybridized carbons (Fsp3) is 0.235. The summed E-state index contributed by atoms with van der Waals surface area (Å²) in [5.74, 6) is -0.840. The van der Waals surface area contributed by atoms with Gasteiger partial charge in [0.25, 0.3) is 0 Å². The number of hydrogen-bond acceptors (Lipinski definition) is 5. The third kappa shape index (κ3) is 2.73. The zero-order valence-electron chi connectivity index (χ0n) is 12.7. The molecule has 0 fully saturated rings. The highest BCUT2D eigenvalue weighted by Crippen LogP contribution is 2.30. The van der Waals surface area contributed by atoms with Crippen molar-refractivity contribution in [1.29, 1.82) is 0 Å². The van der Waals surface area contributed by atoms with E-state index in [1.165, 1.54) is 12.1 Å². The molecule has 0 saturated heterocycles. The fourth-order valence-electron chi connectivity index (χ4n) is 2.90. The number of aryl methyl sites for hydroxylation is 1. The van der Waals surface area contributed by atoms with Gasteiger partial charge in [-0.25, -0.2) is 8.78 Å². The van der Waals surface area contributed by atoms with Gasteiger partial charge in [-0.3, -0.25) is 4.98 Å². The number of nitrogens with zero attached hydrogens (tertiary/aromatic N) is 4. The van der Waals surface area contributed by atoms with E-state index in [1.54, 1.807) is 12.3 Å².